The van der Waals surface area contributed by atoms with Crippen LogP contribution in [0.3, 0.4) is 0 Å². The maximum Gasteiger partial charge on any atom is 0.306 e. The molecule has 4 aromatic carbocycles. The molecule has 0 N–H and O–H groups in total. The van der Waals surface area contributed by atoms with Crippen LogP contribution in [0.4, 0.5) is 0 Å². The van der Waals surface area contributed by atoms with Crippen LogP contribution in [0.1, 0.15) is 16.7 Å². The standard InChI is InChI=1S/C29H28O7S2/c1-20-16-25(17-21(2)29(20)23-10-13-26(14-11-23)35-37(3,30)31)24-12-15-27(28(18-24)36-38(4,32)33)34-19-22-8-6-5-7-9-22/h5-18H,19H2,1-4H3. The lowest BCUT2D eigenvalue weighted by Crippen LogP contribution is -2.07. The van der Waals surface area contributed by atoms with Crippen LogP contribution in [0.2, 0.25) is 0 Å². The van der Waals surface area contributed by atoms with Gasteiger partial charge in [0.15, 0.2) is 11.5 Å². The van der Waals surface area contributed by atoms with Crippen molar-refractivity contribution in [2.45, 2.75) is 20.5 Å². The molecule has 0 unspecified atom stereocenters. The average Bonchev–Trinajstić information content (AvgIpc) is 2.82. The Kier molecular flexibility index (Phi) is 7.80. The van der Waals surface area contributed by atoms with E-state index in [-0.39, 0.29) is 18.1 Å². The molecular weight excluding hydrogens is 524 g/mol. The van der Waals surface area contributed by atoms with Crippen molar-refractivity contribution < 1.29 is 29.9 Å². The van der Waals surface area contributed by atoms with Gasteiger partial charge in [-0.15, -0.1) is 0 Å². The monoisotopic (exact) mass is 552 g/mol. The van der Waals surface area contributed by atoms with Gasteiger partial charge < -0.3 is 13.1 Å². The highest BCUT2D eigenvalue weighted by atomic mass is 32.2. The largest absolute Gasteiger partial charge is 0.485 e. The number of hydrogen-bond acceptors (Lipinski definition) is 7. The summed E-state index contributed by atoms with van der Waals surface area (Å²) >= 11 is 0. The third kappa shape index (κ3) is 7.14. The highest BCUT2D eigenvalue weighted by molar-refractivity contribution is 7.86. The van der Waals surface area contributed by atoms with Crippen molar-refractivity contribution in [1.82, 2.24) is 0 Å². The van der Waals surface area contributed by atoms with E-state index < -0.39 is 20.2 Å². The van der Waals surface area contributed by atoms with Gasteiger partial charge in [0.25, 0.3) is 0 Å². The lowest BCUT2D eigenvalue weighted by Gasteiger charge is -2.16. The quantitative estimate of drug-likeness (QED) is 0.239. The molecule has 0 spiro atoms. The number of ether oxygens (including phenoxy) is 1. The smallest absolute Gasteiger partial charge is 0.306 e. The summed E-state index contributed by atoms with van der Waals surface area (Å²) in [6.07, 6.45) is 2.00. The topological polar surface area (TPSA) is 96.0 Å². The lowest BCUT2D eigenvalue weighted by molar-refractivity contribution is 0.296. The molecule has 0 aromatic heterocycles. The maximum atomic E-state index is 12.0. The molecule has 7 nitrogen and oxygen atoms in total. The van der Waals surface area contributed by atoms with E-state index in [1.165, 1.54) is 0 Å². The summed E-state index contributed by atoms with van der Waals surface area (Å²) in [5.74, 6) is 0.683. The van der Waals surface area contributed by atoms with Crippen LogP contribution in [-0.2, 0) is 26.8 Å². The van der Waals surface area contributed by atoms with E-state index in [0.717, 1.165) is 51.5 Å². The third-order valence-corrected chi connectivity index (χ3v) is 6.66. The molecule has 4 aromatic rings. The van der Waals surface area contributed by atoms with Gasteiger partial charge in [-0.25, -0.2) is 0 Å². The van der Waals surface area contributed by atoms with Crippen molar-refractivity contribution in [2.75, 3.05) is 12.5 Å². The Morgan fingerprint density at radius 1 is 0.605 bits per heavy atom. The molecule has 0 aliphatic heterocycles. The van der Waals surface area contributed by atoms with E-state index >= 15 is 0 Å². The fourth-order valence-electron chi connectivity index (χ4n) is 4.21. The molecule has 0 atom stereocenters. The summed E-state index contributed by atoms with van der Waals surface area (Å²) in [7, 11) is -7.38. The van der Waals surface area contributed by atoms with Gasteiger partial charge in [0.1, 0.15) is 12.4 Å². The van der Waals surface area contributed by atoms with Gasteiger partial charge in [-0.05, 0) is 77.1 Å². The van der Waals surface area contributed by atoms with Gasteiger partial charge in [0, 0.05) is 0 Å². The normalized spacial score (nSPS) is 11.7. The van der Waals surface area contributed by atoms with Crippen molar-refractivity contribution in [2.24, 2.45) is 0 Å². The van der Waals surface area contributed by atoms with Crippen LogP contribution < -0.4 is 13.1 Å². The zero-order chi connectivity index (χ0) is 27.5. The van der Waals surface area contributed by atoms with E-state index in [2.05, 4.69) is 0 Å². The van der Waals surface area contributed by atoms with Crippen molar-refractivity contribution in [3.63, 3.8) is 0 Å². The number of aryl methyl sites for hydroxylation is 2. The molecule has 0 aliphatic rings. The molecule has 0 aliphatic carbocycles. The number of benzene rings is 4. The van der Waals surface area contributed by atoms with E-state index in [1.807, 2.05) is 74.5 Å². The summed E-state index contributed by atoms with van der Waals surface area (Å²) < 4.78 is 62.8. The molecule has 0 saturated heterocycles. The second kappa shape index (κ2) is 10.9. The van der Waals surface area contributed by atoms with Crippen LogP contribution in [0.25, 0.3) is 22.3 Å². The van der Waals surface area contributed by atoms with E-state index in [1.54, 1.807) is 24.3 Å². The zero-order valence-electron chi connectivity index (χ0n) is 21.5. The maximum absolute atomic E-state index is 12.0. The highest BCUT2D eigenvalue weighted by Crippen LogP contribution is 2.37. The van der Waals surface area contributed by atoms with Crippen molar-refractivity contribution in [3.05, 3.63) is 102 Å². The van der Waals surface area contributed by atoms with Gasteiger partial charge in [0.2, 0.25) is 0 Å². The Balaban J connectivity index is 1.65. The Hall–Kier alpha value is -3.82. The highest BCUT2D eigenvalue weighted by Gasteiger charge is 2.16. The molecule has 0 amide bonds. The minimum atomic E-state index is -3.78. The molecule has 0 fully saturated rings. The van der Waals surface area contributed by atoms with Crippen molar-refractivity contribution >= 4 is 20.2 Å². The summed E-state index contributed by atoms with van der Waals surface area (Å²) in [6, 6.07) is 25.7. The first-order valence-electron chi connectivity index (χ1n) is 11.7. The Labute approximate surface area is 223 Å². The minimum absolute atomic E-state index is 0.113. The first-order valence-corrected chi connectivity index (χ1v) is 15.3. The fourth-order valence-corrected chi connectivity index (χ4v) is 5.12. The Morgan fingerprint density at radius 2 is 1.18 bits per heavy atom. The first kappa shape index (κ1) is 27.2. The second-order valence-corrected chi connectivity index (χ2v) is 12.2. The number of rotatable bonds is 9. The van der Waals surface area contributed by atoms with E-state index in [4.69, 9.17) is 13.1 Å². The van der Waals surface area contributed by atoms with Gasteiger partial charge >= 0.3 is 20.2 Å². The SMILES string of the molecule is Cc1cc(-c2ccc(OCc3ccccc3)c(OS(C)(=O)=O)c2)cc(C)c1-c1ccc(OS(C)(=O)=O)cc1. The lowest BCUT2D eigenvalue weighted by atomic mass is 9.91. The molecular formula is C29H28O7S2. The minimum Gasteiger partial charge on any atom is -0.485 e. The predicted molar refractivity (Wildman–Crippen MR) is 149 cm³/mol. The summed E-state index contributed by atoms with van der Waals surface area (Å²) in [6.45, 7) is 4.23. The zero-order valence-corrected chi connectivity index (χ0v) is 23.1. The van der Waals surface area contributed by atoms with Crippen molar-refractivity contribution in [3.8, 4) is 39.5 Å². The molecule has 198 valence electrons. The molecule has 38 heavy (non-hydrogen) atoms. The van der Waals surface area contributed by atoms with Crippen LogP contribution in [0.5, 0.6) is 17.2 Å². The van der Waals surface area contributed by atoms with E-state index in [0.29, 0.717) is 5.75 Å². The number of hydrogen-bond donors (Lipinski definition) is 0. The van der Waals surface area contributed by atoms with Gasteiger partial charge in [-0.2, -0.15) is 16.8 Å². The predicted octanol–water partition coefficient (Wildman–Crippen LogP) is 5.89. The second-order valence-electron chi connectivity index (χ2n) is 9.02. The summed E-state index contributed by atoms with van der Waals surface area (Å²) in [5, 5.41) is 0. The first-order chi connectivity index (χ1) is 17.9. The molecule has 0 bridgehead atoms. The average molecular weight is 553 g/mol. The van der Waals surface area contributed by atoms with Crippen LogP contribution in [-0.4, -0.2) is 29.3 Å². The molecule has 0 saturated carbocycles. The van der Waals surface area contributed by atoms with Crippen LogP contribution >= 0.6 is 0 Å². The molecule has 0 radical (unpaired) electrons. The Morgan fingerprint density at radius 3 is 1.76 bits per heavy atom. The molecule has 4 rings (SSSR count). The fraction of sp³-hybridized carbons (Fsp3) is 0.172. The summed E-state index contributed by atoms with van der Waals surface area (Å²) in [4.78, 5) is 0. The van der Waals surface area contributed by atoms with Crippen molar-refractivity contribution in [1.29, 1.82) is 0 Å². The van der Waals surface area contributed by atoms with Crippen LogP contribution in [0, 0.1) is 13.8 Å². The Bertz CT molecular complexity index is 1640. The van der Waals surface area contributed by atoms with Gasteiger partial charge in [-0.3, -0.25) is 0 Å². The molecule has 9 heteroatoms. The summed E-state index contributed by atoms with van der Waals surface area (Å²) in [5.41, 5.74) is 6.51. The third-order valence-electron chi connectivity index (χ3n) is 5.68. The van der Waals surface area contributed by atoms with E-state index in [9.17, 15) is 16.8 Å². The van der Waals surface area contributed by atoms with Crippen LogP contribution in [0.15, 0.2) is 84.9 Å². The van der Waals surface area contributed by atoms with Gasteiger partial charge in [-0.1, -0.05) is 60.7 Å². The van der Waals surface area contributed by atoms with Gasteiger partial charge in [0.05, 0.1) is 12.5 Å². The molecule has 0 heterocycles.